The Bertz CT molecular complexity index is 4460. The van der Waals surface area contributed by atoms with E-state index in [1.54, 1.807) is 0 Å². The summed E-state index contributed by atoms with van der Waals surface area (Å²) in [6, 6.07) is 86.5. The van der Waals surface area contributed by atoms with E-state index in [4.69, 9.17) is 4.42 Å². The molecule has 0 unspecified atom stereocenters. The zero-order valence-corrected chi connectivity index (χ0v) is 36.8. The SMILES string of the molecule is c1ccc2c(c1)-c1ccccc1C21c2c(ccc3ccccc23)-c2c1c1ccc(-c3c4ccccc4c(-c4ccc5oc6ccc7ccccc7c6c5c4)c4ccccc34)cc1c1ccccc21. The van der Waals surface area contributed by atoms with Crippen LogP contribution >= 0.6 is 0 Å². The second kappa shape index (κ2) is 13.2. The van der Waals surface area contributed by atoms with Gasteiger partial charge in [0.25, 0.3) is 0 Å². The van der Waals surface area contributed by atoms with Gasteiger partial charge in [-0.05, 0) is 156 Å². The van der Waals surface area contributed by atoms with E-state index >= 15 is 0 Å². The van der Waals surface area contributed by atoms with Gasteiger partial charge in [-0.3, -0.25) is 0 Å². The van der Waals surface area contributed by atoms with E-state index in [0.717, 1.165) is 16.6 Å². The van der Waals surface area contributed by atoms with Crippen molar-refractivity contribution in [2.24, 2.45) is 0 Å². The molecule has 0 N–H and O–H groups in total. The van der Waals surface area contributed by atoms with Crippen LogP contribution < -0.4 is 0 Å². The number of fused-ring (bicyclic) bond motifs is 24. The largest absolute Gasteiger partial charge is 0.456 e. The van der Waals surface area contributed by atoms with Gasteiger partial charge in [-0.2, -0.15) is 0 Å². The number of hydrogen-bond acceptors (Lipinski definition) is 1. The van der Waals surface area contributed by atoms with Gasteiger partial charge in [0.05, 0.1) is 5.41 Å². The van der Waals surface area contributed by atoms with Crippen molar-refractivity contribution < 1.29 is 4.42 Å². The summed E-state index contributed by atoms with van der Waals surface area (Å²) in [5.41, 5.74) is 17.0. The predicted molar refractivity (Wildman–Crippen MR) is 286 cm³/mol. The monoisotopic (exact) mass is 858 g/mol. The summed E-state index contributed by atoms with van der Waals surface area (Å²) >= 11 is 0. The maximum absolute atomic E-state index is 6.50. The molecule has 0 radical (unpaired) electrons. The lowest BCUT2D eigenvalue weighted by Crippen LogP contribution is -2.26. The third kappa shape index (κ3) is 4.51. The van der Waals surface area contributed by atoms with Crippen LogP contribution in [0.25, 0.3) is 131 Å². The molecule has 0 amide bonds. The van der Waals surface area contributed by atoms with Crippen LogP contribution in [0.1, 0.15) is 22.3 Å². The third-order valence-corrected chi connectivity index (χ3v) is 15.8. The summed E-state index contributed by atoms with van der Waals surface area (Å²) in [4.78, 5) is 0. The molecule has 68 heavy (non-hydrogen) atoms. The topological polar surface area (TPSA) is 13.1 Å². The molecule has 312 valence electrons. The van der Waals surface area contributed by atoms with Gasteiger partial charge in [-0.1, -0.05) is 206 Å². The molecule has 2 aliphatic rings. The molecule has 0 aliphatic heterocycles. The Morgan fingerprint density at radius 3 is 1.38 bits per heavy atom. The van der Waals surface area contributed by atoms with E-state index in [1.165, 1.54) is 137 Å². The minimum Gasteiger partial charge on any atom is -0.456 e. The lowest BCUT2D eigenvalue weighted by Gasteiger charge is -2.32. The first kappa shape index (κ1) is 36.4. The summed E-state index contributed by atoms with van der Waals surface area (Å²) < 4.78 is 6.50. The number of rotatable bonds is 2. The van der Waals surface area contributed by atoms with Gasteiger partial charge in [0, 0.05) is 10.8 Å². The van der Waals surface area contributed by atoms with Crippen LogP contribution in [0.4, 0.5) is 0 Å². The summed E-state index contributed by atoms with van der Waals surface area (Å²) in [7, 11) is 0. The molecule has 1 aromatic heterocycles. The van der Waals surface area contributed by atoms with E-state index in [1.807, 2.05) is 0 Å². The van der Waals surface area contributed by atoms with Crippen molar-refractivity contribution in [3.8, 4) is 44.5 Å². The van der Waals surface area contributed by atoms with Crippen molar-refractivity contribution in [2.45, 2.75) is 5.41 Å². The molecule has 1 heteroatoms. The third-order valence-electron chi connectivity index (χ3n) is 15.8. The molecular weight excluding hydrogens is 821 g/mol. The highest BCUT2D eigenvalue weighted by Crippen LogP contribution is 2.66. The molecule has 0 saturated carbocycles. The second-order valence-electron chi connectivity index (χ2n) is 18.9. The molecule has 0 bridgehead atoms. The van der Waals surface area contributed by atoms with E-state index in [9.17, 15) is 0 Å². The molecular formula is C67H38O. The smallest absolute Gasteiger partial charge is 0.136 e. The second-order valence-corrected chi connectivity index (χ2v) is 18.9. The highest BCUT2D eigenvalue weighted by Gasteiger charge is 2.53. The zero-order valence-electron chi connectivity index (χ0n) is 36.8. The summed E-state index contributed by atoms with van der Waals surface area (Å²) in [6.07, 6.45) is 0. The summed E-state index contributed by atoms with van der Waals surface area (Å²) in [5, 5.41) is 17.4. The minimum atomic E-state index is -0.517. The van der Waals surface area contributed by atoms with Gasteiger partial charge in [-0.25, -0.2) is 0 Å². The fourth-order valence-electron chi connectivity index (χ4n) is 13.3. The highest BCUT2D eigenvalue weighted by molar-refractivity contribution is 6.26. The average molecular weight is 859 g/mol. The highest BCUT2D eigenvalue weighted by atomic mass is 16.3. The lowest BCUT2D eigenvalue weighted by molar-refractivity contribution is 0.669. The van der Waals surface area contributed by atoms with Crippen LogP contribution in [-0.2, 0) is 5.41 Å². The van der Waals surface area contributed by atoms with Crippen molar-refractivity contribution >= 4 is 86.6 Å². The van der Waals surface area contributed by atoms with Crippen LogP contribution in [0.2, 0.25) is 0 Å². The molecule has 1 spiro atoms. The average Bonchev–Trinajstić information content (AvgIpc) is 4.04. The Hall–Kier alpha value is -8.78. The summed E-state index contributed by atoms with van der Waals surface area (Å²) in [6.45, 7) is 0. The van der Waals surface area contributed by atoms with E-state index < -0.39 is 5.41 Å². The maximum atomic E-state index is 6.50. The molecule has 14 aromatic rings. The molecule has 0 fully saturated rings. The van der Waals surface area contributed by atoms with Crippen molar-refractivity contribution in [1.29, 1.82) is 0 Å². The fraction of sp³-hybridized carbons (Fsp3) is 0.0149. The first-order valence-corrected chi connectivity index (χ1v) is 23.7. The van der Waals surface area contributed by atoms with Crippen molar-refractivity contribution in [3.63, 3.8) is 0 Å². The van der Waals surface area contributed by atoms with Crippen molar-refractivity contribution in [2.75, 3.05) is 0 Å². The molecule has 0 saturated heterocycles. The predicted octanol–water partition coefficient (Wildman–Crippen LogP) is 18.2. The molecule has 13 aromatic carbocycles. The van der Waals surface area contributed by atoms with Crippen molar-refractivity contribution in [3.05, 3.63) is 253 Å². The zero-order chi connectivity index (χ0) is 44.2. The quantitative estimate of drug-likeness (QED) is 0.125. The number of benzene rings is 13. The van der Waals surface area contributed by atoms with Crippen LogP contribution in [0, 0.1) is 0 Å². The Morgan fingerprint density at radius 1 is 0.265 bits per heavy atom. The first-order valence-electron chi connectivity index (χ1n) is 23.7. The molecule has 1 heterocycles. The van der Waals surface area contributed by atoms with Crippen LogP contribution in [0.15, 0.2) is 235 Å². The summed E-state index contributed by atoms with van der Waals surface area (Å²) in [5.74, 6) is 0. The Kier molecular flexibility index (Phi) is 7.07. The van der Waals surface area contributed by atoms with Crippen molar-refractivity contribution in [1.82, 2.24) is 0 Å². The standard InChI is InChI=1S/C67H38O/c1-3-17-43-39(15-1)31-36-60-63(43)56-38-42(32-35-59(56)68-60)62-51-25-9-7-23-49(51)61(50-24-8-10-26-52(50)62)41-30-33-53-55(37-41)45-19-5-6-22-48(45)64-54-34-29-40-16-2-4-18-44(40)65(54)67(66(53)64)57-27-13-11-20-46(57)47-21-12-14-28-58(47)67/h1-38H. The van der Waals surface area contributed by atoms with Gasteiger partial charge < -0.3 is 4.42 Å². The lowest BCUT2D eigenvalue weighted by atomic mass is 9.68. The first-order chi connectivity index (χ1) is 33.8. The van der Waals surface area contributed by atoms with Gasteiger partial charge in [0.1, 0.15) is 11.2 Å². The Labute approximate surface area is 391 Å². The molecule has 2 aliphatic carbocycles. The van der Waals surface area contributed by atoms with Gasteiger partial charge in [0.15, 0.2) is 0 Å². The van der Waals surface area contributed by atoms with Crippen LogP contribution in [0.3, 0.4) is 0 Å². The minimum absolute atomic E-state index is 0.517. The van der Waals surface area contributed by atoms with E-state index in [2.05, 4.69) is 231 Å². The maximum Gasteiger partial charge on any atom is 0.136 e. The Morgan fingerprint density at radius 2 is 0.735 bits per heavy atom. The Balaban J connectivity index is 1.00. The van der Waals surface area contributed by atoms with Gasteiger partial charge in [0.2, 0.25) is 0 Å². The number of furan rings is 1. The molecule has 0 atom stereocenters. The van der Waals surface area contributed by atoms with Gasteiger partial charge >= 0.3 is 0 Å². The van der Waals surface area contributed by atoms with Crippen LogP contribution in [-0.4, -0.2) is 0 Å². The van der Waals surface area contributed by atoms with E-state index in [-0.39, 0.29) is 0 Å². The number of hydrogen-bond donors (Lipinski definition) is 0. The molecule has 1 nitrogen and oxygen atoms in total. The normalized spacial score (nSPS) is 13.4. The fourth-order valence-corrected chi connectivity index (χ4v) is 13.3. The van der Waals surface area contributed by atoms with E-state index in [0.29, 0.717) is 0 Å². The molecule has 16 rings (SSSR count). The van der Waals surface area contributed by atoms with Gasteiger partial charge in [-0.15, -0.1) is 0 Å². The van der Waals surface area contributed by atoms with Crippen LogP contribution in [0.5, 0.6) is 0 Å².